The number of fused-ring (bicyclic) bond motifs is 1. The maximum atomic E-state index is 11.9. The van der Waals surface area contributed by atoms with Gasteiger partial charge in [0.2, 0.25) is 0 Å². The van der Waals surface area contributed by atoms with E-state index in [1.54, 1.807) is 32.4 Å². The highest BCUT2D eigenvalue weighted by Gasteiger charge is 2.05. The fourth-order valence-corrected chi connectivity index (χ4v) is 2.91. The molecule has 0 aliphatic rings. The van der Waals surface area contributed by atoms with Crippen molar-refractivity contribution in [2.45, 2.75) is 6.42 Å². The molecule has 7 heteroatoms. The van der Waals surface area contributed by atoms with Crippen molar-refractivity contribution in [3.63, 3.8) is 0 Å². The highest BCUT2D eigenvalue weighted by molar-refractivity contribution is 5.83. The van der Waals surface area contributed by atoms with E-state index in [1.807, 2.05) is 24.4 Å². The van der Waals surface area contributed by atoms with E-state index >= 15 is 0 Å². The van der Waals surface area contributed by atoms with Crippen LogP contribution in [0.25, 0.3) is 10.9 Å². The van der Waals surface area contributed by atoms with Gasteiger partial charge in [-0.05, 0) is 18.1 Å². The molecule has 0 atom stereocenters. The van der Waals surface area contributed by atoms with Crippen LogP contribution in [0.2, 0.25) is 0 Å². The number of carbonyl (C=O) groups is 1. The molecule has 28 heavy (non-hydrogen) atoms. The van der Waals surface area contributed by atoms with Crippen LogP contribution >= 0.6 is 0 Å². The zero-order valence-corrected chi connectivity index (χ0v) is 16.1. The molecule has 2 aromatic carbocycles. The molecule has 0 bridgehead atoms. The summed E-state index contributed by atoms with van der Waals surface area (Å²) in [5, 5.41) is 6.83. The quantitative estimate of drug-likeness (QED) is 0.496. The summed E-state index contributed by atoms with van der Waals surface area (Å²) in [6.07, 6.45) is 2.75. The van der Waals surface area contributed by atoms with Crippen LogP contribution in [0.3, 0.4) is 0 Å². The molecule has 3 aromatic rings. The lowest BCUT2D eigenvalue weighted by Crippen LogP contribution is -2.38. The SMILES string of the molecule is COc1cc(OC)cc(OCCNC(=O)NCCc2c[nH]c3ccccc23)c1. The first-order valence-corrected chi connectivity index (χ1v) is 9.12. The van der Waals surface area contributed by atoms with Crippen LogP contribution in [0, 0.1) is 0 Å². The molecule has 3 N–H and O–H groups in total. The Kier molecular flexibility index (Phi) is 6.62. The van der Waals surface area contributed by atoms with E-state index < -0.39 is 0 Å². The first-order valence-electron chi connectivity index (χ1n) is 9.12. The van der Waals surface area contributed by atoms with Gasteiger partial charge in [0.1, 0.15) is 23.9 Å². The molecule has 0 aliphatic heterocycles. The van der Waals surface area contributed by atoms with Crippen molar-refractivity contribution >= 4 is 16.9 Å². The van der Waals surface area contributed by atoms with Crippen LogP contribution in [0.4, 0.5) is 4.79 Å². The highest BCUT2D eigenvalue weighted by Crippen LogP contribution is 2.27. The number of aromatic nitrogens is 1. The number of hydrogen-bond acceptors (Lipinski definition) is 4. The number of benzene rings is 2. The van der Waals surface area contributed by atoms with E-state index in [0.29, 0.717) is 36.9 Å². The molecule has 1 heterocycles. The number of aromatic amines is 1. The summed E-state index contributed by atoms with van der Waals surface area (Å²) in [6, 6.07) is 13.2. The minimum atomic E-state index is -0.216. The number of hydrogen-bond donors (Lipinski definition) is 3. The number of ether oxygens (including phenoxy) is 3. The minimum absolute atomic E-state index is 0.216. The molecule has 0 fully saturated rings. The maximum absolute atomic E-state index is 11.9. The van der Waals surface area contributed by atoms with Gasteiger partial charge in [0.15, 0.2) is 0 Å². The standard InChI is InChI=1S/C21H25N3O4/c1-26-16-11-17(27-2)13-18(12-16)28-10-9-23-21(25)22-8-7-15-14-24-20-6-4-3-5-19(15)20/h3-6,11-14,24H,7-10H2,1-2H3,(H2,22,23,25). The Labute approximate surface area is 164 Å². The van der Waals surface area contributed by atoms with Crippen LogP contribution in [0.5, 0.6) is 17.2 Å². The van der Waals surface area contributed by atoms with Crippen molar-refractivity contribution in [1.82, 2.24) is 15.6 Å². The summed E-state index contributed by atoms with van der Waals surface area (Å²) in [7, 11) is 3.17. The molecular formula is C21H25N3O4. The Balaban J connectivity index is 1.37. The van der Waals surface area contributed by atoms with Gasteiger partial charge in [0, 0.05) is 41.8 Å². The third-order valence-corrected chi connectivity index (χ3v) is 4.34. The van der Waals surface area contributed by atoms with Gasteiger partial charge >= 0.3 is 6.03 Å². The third-order valence-electron chi connectivity index (χ3n) is 4.34. The fourth-order valence-electron chi connectivity index (χ4n) is 2.91. The predicted octanol–water partition coefficient (Wildman–Crippen LogP) is 3.11. The monoisotopic (exact) mass is 383 g/mol. The van der Waals surface area contributed by atoms with Crippen molar-refractivity contribution < 1.29 is 19.0 Å². The van der Waals surface area contributed by atoms with Crippen molar-refractivity contribution in [3.8, 4) is 17.2 Å². The molecule has 3 rings (SSSR count). The van der Waals surface area contributed by atoms with Crippen molar-refractivity contribution in [2.24, 2.45) is 0 Å². The van der Waals surface area contributed by atoms with Crippen LogP contribution < -0.4 is 24.8 Å². The largest absolute Gasteiger partial charge is 0.496 e. The highest BCUT2D eigenvalue weighted by atomic mass is 16.5. The summed E-state index contributed by atoms with van der Waals surface area (Å²) < 4.78 is 16.0. The van der Waals surface area contributed by atoms with Crippen molar-refractivity contribution in [1.29, 1.82) is 0 Å². The average Bonchev–Trinajstić information content (AvgIpc) is 3.14. The molecule has 7 nitrogen and oxygen atoms in total. The molecule has 0 saturated carbocycles. The van der Waals surface area contributed by atoms with Crippen LogP contribution in [-0.4, -0.2) is 44.9 Å². The topological polar surface area (TPSA) is 84.6 Å². The van der Waals surface area contributed by atoms with Crippen LogP contribution in [0.1, 0.15) is 5.56 Å². The molecule has 0 radical (unpaired) electrons. The summed E-state index contributed by atoms with van der Waals surface area (Å²) in [6.45, 7) is 1.28. The Morgan fingerprint density at radius 2 is 1.64 bits per heavy atom. The maximum Gasteiger partial charge on any atom is 0.314 e. The summed E-state index contributed by atoms with van der Waals surface area (Å²) in [4.78, 5) is 15.2. The van der Waals surface area contributed by atoms with Crippen LogP contribution in [-0.2, 0) is 6.42 Å². The molecule has 148 valence electrons. The number of rotatable bonds is 9. The van der Waals surface area contributed by atoms with E-state index in [-0.39, 0.29) is 6.03 Å². The molecule has 0 aliphatic carbocycles. The van der Waals surface area contributed by atoms with Gasteiger partial charge in [-0.1, -0.05) is 18.2 Å². The van der Waals surface area contributed by atoms with Crippen molar-refractivity contribution in [3.05, 3.63) is 54.2 Å². The van der Waals surface area contributed by atoms with Gasteiger partial charge in [0.25, 0.3) is 0 Å². The summed E-state index contributed by atoms with van der Waals surface area (Å²) in [5.41, 5.74) is 2.29. The van der Waals surface area contributed by atoms with Gasteiger partial charge in [-0.25, -0.2) is 4.79 Å². The van der Waals surface area contributed by atoms with E-state index in [9.17, 15) is 4.79 Å². The number of para-hydroxylation sites is 1. The lowest BCUT2D eigenvalue weighted by Gasteiger charge is -2.11. The number of amides is 2. The Bertz CT molecular complexity index is 901. The number of nitrogens with one attached hydrogen (secondary N) is 3. The number of carbonyl (C=O) groups excluding carboxylic acids is 1. The lowest BCUT2D eigenvalue weighted by atomic mass is 10.1. The fraction of sp³-hybridized carbons (Fsp3) is 0.286. The molecule has 0 unspecified atom stereocenters. The first-order chi connectivity index (χ1) is 13.7. The van der Waals surface area contributed by atoms with E-state index in [2.05, 4.69) is 21.7 Å². The van der Waals surface area contributed by atoms with Gasteiger partial charge < -0.3 is 29.8 Å². The number of H-pyrrole nitrogens is 1. The number of methoxy groups -OCH3 is 2. The van der Waals surface area contributed by atoms with E-state index in [4.69, 9.17) is 14.2 Å². The molecule has 0 spiro atoms. The summed E-state index contributed by atoms with van der Waals surface area (Å²) in [5.74, 6) is 1.92. The first kappa shape index (κ1) is 19.4. The zero-order chi connectivity index (χ0) is 19.8. The van der Waals surface area contributed by atoms with Gasteiger partial charge in [-0.2, -0.15) is 0 Å². The average molecular weight is 383 g/mol. The molecule has 1 aromatic heterocycles. The smallest absolute Gasteiger partial charge is 0.314 e. The van der Waals surface area contributed by atoms with Crippen LogP contribution in [0.15, 0.2) is 48.7 Å². The Morgan fingerprint density at radius 1 is 0.964 bits per heavy atom. The second-order valence-electron chi connectivity index (χ2n) is 6.19. The Hall–Kier alpha value is -3.35. The number of urea groups is 1. The van der Waals surface area contributed by atoms with Gasteiger partial charge in [0.05, 0.1) is 20.8 Å². The van der Waals surface area contributed by atoms with Gasteiger partial charge in [-0.3, -0.25) is 0 Å². The zero-order valence-electron chi connectivity index (χ0n) is 16.1. The summed E-state index contributed by atoms with van der Waals surface area (Å²) >= 11 is 0. The minimum Gasteiger partial charge on any atom is -0.496 e. The molecule has 0 saturated heterocycles. The third kappa shape index (κ3) is 5.09. The van der Waals surface area contributed by atoms with E-state index in [1.165, 1.54) is 10.9 Å². The predicted molar refractivity (Wildman–Crippen MR) is 108 cm³/mol. The van der Waals surface area contributed by atoms with Crippen molar-refractivity contribution in [2.75, 3.05) is 33.9 Å². The van der Waals surface area contributed by atoms with E-state index in [0.717, 1.165) is 11.9 Å². The normalized spacial score (nSPS) is 10.5. The second kappa shape index (κ2) is 9.55. The molecule has 2 amide bonds. The lowest BCUT2D eigenvalue weighted by molar-refractivity contribution is 0.236. The Morgan fingerprint density at radius 3 is 2.39 bits per heavy atom. The molecular weight excluding hydrogens is 358 g/mol. The second-order valence-corrected chi connectivity index (χ2v) is 6.19. The van der Waals surface area contributed by atoms with Gasteiger partial charge in [-0.15, -0.1) is 0 Å².